The Morgan fingerprint density at radius 3 is 2.55 bits per heavy atom. The van der Waals surface area contributed by atoms with Crippen LogP contribution in [0, 0.1) is 0 Å². The molecule has 1 saturated heterocycles. The van der Waals surface area contributed by atoms with Crippen molar-refractivity contribution >= 4 is 12.0 Å². The van der Waals surface area contributed by atoms with Crippen molar-refractivity contribution in [1.82, 2.24) is 15.1 Å². The van der Waals surface area contributed by atoms with Crippen molar-refractivity contribution in [2.75, 3.05) is 39.3 Å². The van der Waals surface area contributed by atoms with E-state index in [0.717, 1.165) is 32.7 Å². The topological polar surface area (TPSA) is 35.6 Å². The summed E-state index contributed by atoms with van der Waals surface area (Å²) < 4.78 is 0. The second kappa shape index (κ2) is 8.71. The predicted molar refractivity (Wildman–Crippen MR) is 91.6 cm³/mol. The van der Waals surface area contributed by atoms with Crippen LogP contribution < -0.4 is 5.32 Å². The van der Waals surface area contributed by atoms with Crippen molar-refractivity contribution in [3.63, 3.8) is 0 Å². The first-order valence-electron chi connectivity index (χ1n) is 8.16. The predicted octanol–water partition coefficient (Wildman–Crippen LogP) is 1.84. The summed E-state index contributed by atoms with van der Waals surface area (Å²) in [6.07, 6.45) is 4.39. The second-order valence-corrected chi connectivity index (χ2v) is 5.72. The van der Waals surface area contributed by atoms with E-state index in [4.69, 9.17) is 0 Å². The largest absolute Gasteiger partial charge is 0.355 e. The third-order valence-corrected chi connectivity index (χ3v) is 4.16. The average Bonchev–Trinajstić information content (AvgIpc) is 2.56. The number of nitrogens with one attached hydrogen (secondary N) is 1. The lowest BCUT2D eigenvalue weighted by Crippen LogP contribution is -2.53. The van der Waals surface area contributed by atoms with Gasteiger partial charge in [-0.15, -0.1) is 0 Å². The summed E-state index contributed by atoms with van der Waals surface area (Å²) in [6, 6.07) is 10.3. The second-order valence-electron chi connectivity index (χ2n) is 5.72. The van der Waals surface area contributed by atoms with E-state index in [-0.39, 0.29) is 11.9 Å². The van der Waals surface area contributed by atoms with Gasteiger partial charge in [0.15, 0.2) is 0 Å². The molecule has 1 heterocycles. The highest BCUT2D eigenvalue weighted by molar-refractivity contribution is 5.81. The number of carbonyl (C=O) groups is 1. The standard InChI is InChI=1S/C18H27N3O/c1-3-19-18(22)16(2)21-14-12-20(13-15-21)11-7-10-17-8-5-4-6-9-17/h4-10,16H,3,11-15H2,1-2H3,(H,19,22)/b10-7+. The van der Waals surface area contributed by atoms with Crippen molar-refractivity contribution in [2.45, 2.75) is 19.9 Å². The maximum atomic E-state index is 11.9. The van der Waals surface area contributed by atoms with Gasteiger partial charge in [0.25, 0.3) is 0 Å². The van der Waals surface area contributed by atoms with Crippen LogP contribution in [0.15, 0.2) is 36.4 Å². The molecule has 0 spiro atoms. The molecule has 1 atom stereocenters. The van der Waals surface area contributed by atoms with Crippen LogP contribution in [0.2, 0.25) is 0 Å². The van der Waals surface area contributed by atoms with E-state index >= 15 is 0 Å². The van der Waals surface area contributed by atoms with Crippen LogP contribution in [0.3, 0.4) is 0 Å². The molecule has 4 heteroatoms. The number of hydrogen-bond acceptors (Lipinski definition) is 3. The molecule has 1 aliphatic heterocycles. The number of benzene rings is 1. The molecule has 0 aromatic heterocycles. The number of carbonyl (C=O) groups excluding carboxylic acids is 1. The van der Waals surface area contributed by atoms with Crippen LogP contribution in [-0.2, 0) is 4.79 Å². The van der Waals surface area contributed by atoms with E-state index in [9.17, 15) is 4.79 Å². The molecule has 1 unspecified atom stereocenters. The first kappa shape index (κ1) is 16.7. The molecule has 22 heavy (non-hydrogen) atoms. The van der Waals surface area contributed by atoms with Crippen molar-refractivity contribution < 1.29 is 4.79 Å². The highest BCUT2D eigenvalue weighted by Gasteiger charge is 2.24. The van der Waals surface area contributed by atoms with Crippen LogP contribution in [0.4, 0.5) is 0 Å². The number of nitrogens with zero attached hydrogens (tertiary/aromatic N) is 2. The van der Waals surface area contributed by atoms with Gasteiger partial charge in [-0.3, -0.25) is 14.6 Å². The van der Waals surface area contributed by atoms with Gasteiger partial charge in [0.05, 0.1) is 6.04 Å². The molecule has 0 bridgehead atoms. The summed E-state index contributed by atoms with van der Waals surface area (Å²) >= 11 is 0. The zero-order valence-electron chi connectivity index (χ0n) is 13.7. The number of amides is 1. The van der Waals surface area contributed by atoms with Crippen LogP contribution in [0.25, 0.3) is 6.08 Å². The number of likely N-dealkylation sites (N-methyl/N-ethyl adjacent to an activating group) is 1. The minimum Gasteiger partial charge on any atom is -0.355 e. The maximum absolute atomic E-state index is 11.9. The summed E-state index contributed by atoms with van der Waals surface area (Å²) in [5.41, 5.74) is 1.24. The van der Waals surface area contributed by atoms with E-state index in [2.05, 4.69) is 51.5 Å². The number of rotatable bonds is 6. The Morgan fingerprint density at radius 1 is 1.23 bits per heavy atom. The van der Waals surface area contributed by atoms with Gasteiger partial charge in [0.2, 0.25) is 5.91 Å². The zero-order valence-corrected chi connectivity index (χ0v) is 13.7. The maximum Gasteiger partial charge on any atom is 0.237 e. The number of piperazine rings is 1. The molecule has 2 rings (SSSR count). The third-order valence-electron chi connectivity index (χ3n) is 4.16. The van der Waals surface area contributed by atoms with Gasteiger partial charge in [0.1, 0.15) is 0 Å². The molecule has 1 aromatic carbocycles. The first-order chi connectivity index (χ1) is 10.7. The van der Waals surface area contributed by atoms with Gasteiger partial charge in [-0.05, 0) is 19.4 Å². The lowest BCUT2D eigenvalue weighted by Gasteiger charge is -2.37. The summed E-state index contributed by atoms with van der Waals surface area (Å²) in [5.74, 6) is 0.139. The smallest absolute Gasteiger partial charge is 0.237 e. The van der Waals surface area contributed by atoms with E-state index in [1.807, 2.05) is 19.9 Å². The Bertz CT molecular complexity index is 478. The summed E-state index contributed by atoms with van der Waals surface area (Å²) in [7, 11) is 0. The van der Waals surface area contributed by atoms with E-state index in [1.165, 1.54) is 5.56 Å². The van der Waals surface area contributed by atoms with E-state index in [0.29, 0.717) is 6.54 Å². The zero-order chi connectivity index (χ0) is 15.8. The fourth-order valence-electron chi connectivity index (χ4n) is 2.72. The van der Waals surface area contributed by atoms with Crippen LogP contribution in [0.5, 0.6) is 0 Å². The highest BCUT2D eigenvalue weighted by atomic mass is 16.2. The van der Waals surface area contributed by atoms with Gasteiger partial charge >= 0.3 is 0 Å². The molecule has 1 N–H and O–H groups in total. The fraction of sp³-hybridized carbons (Fsp3) is 0.500. The van der Waals surface area contributed by atoms with E-state index in [1.54, 1.807) is 0 Å². The van der Waals surface area contributed by atoms with Gasteiger partial charge in [-0.1, -0.05) is 42.5 Å². The van der Waals surface area contributed by atoms with Gasteiger partial charge in [0, 0.05) is 39.3 Å². The molecule has 1 fully saturated rings. The average molecular weight is 301 g/mol. The van der Waals surface area contributed by atoms with Crippen LogP contribution in [0.1, 0.15) is 19.4 Å². The van der Waals surface area contributed by atoms with Crippen molar-refractivity contribution in [1.29, 1.82) is 0 Å². The van der Waals surface area contributed by atoms with Gasteiger partial charge < -0.3 is 5.32 Å². The van der Waals surface area contributed by atoms with Crippen LogP contribution >= 0.6 is 0 Å². The van der Waals surface area contributed by atoms with Crippen molar-refractivity contribution in [2.24, 2.45) is 0 Å². The quantitative estimate of drug-likeness (QED) is 0.871. The Morgan fingerprint density at radius 2 is 1.91 bits per heavy atom. The normalized spacial score (nSPS) is 18.5. The lowest BCUT2D eigenvalue weighted by atomic mass is 10.2. The molecule has 120 valence electrons. The fourth-order valence-corrected chi connectivity index (χ4v) is 2.72. The molecule has 0 aliphatic carbocycles. The Kier molecular flexibility index (Phi) is 6.62. The highest BCUT2D eigenvalue weighted by Crippen LogP contribution is 2.07. The van der Waals surface area contributed by atoms with Gasteiger partial charge in [-0.25, -0.2) is 0 Å². The Balaban J connectivity index is 1.73. The Labute approximate surface area is 133 Å². The molecule has 1 aliphatic rings. The van der Waals surface area contributed by atoms with E-state index < -0.39 is 0 Å². The third kappa shape index (κ3) is 4.97. The molecule has 1 amide bonds. The summed E-state index contributed by atoms with van der Waals surface area (Å²) in [4.78, 5) is 16.6. The molecular formula is C18H27N3O. The molecule has 0 radical (unpaired) electrons. The lowest BCUT2D eigenvalue weighted by molar-refractivity contribution is -0.126. The van der Waals surface area contributed by atoms with Gasteiger partial charge in [-0.2, -0.15) is 0 Å². The molecular weight excluding hydrogens is 274 g/mol. The minimum atomic E-state index is -0.0260. The SMILES string of the molecule is CCNC(=O)C(C)N1CCN(C/C=C/c2ccccc2)CC1. The summed E-state index contributed by atoms with van der Waals surface area (Å²) in [6.45, 7) is 9.57. The van der Waals surface area contributed by atoms with Crippen molar-refractivity contribution in [3.05, 3.63) is 42.0 Å². The first-order valence-corrected chi connectivity index (χ1v) is 8.16. The molecule has 1 aromatic rings. The van der Waals surface area contributed by atoms with Crippen molar-refractivity contribution in [3.8, 4) is 0 Å². The minimum absolute atomic E-state index is 0.0260. The summed E-state index contributed by atoms with van der Waals surface area (Å²) in [5, 5.41) is 2.90. The molecule has 4 nitrogen and oxygen atoms in total. The number of hydrogen-bond donors (Lipinski definition) is 1. The monoisotopic (exact) mass is 301 g/mol. The Hall–Kier alpha value is -1.65. The molecule has 0 saturated carbocycles. The van der Waals surface area contributed by atoms with Crippen LogP contribution in [-0.4, -0.2) is 61.0 Å².